The minimum Gasteiger partial charge on any atom is -0.356 e. The van der Waals surface area contributed by atoms with Crippen molar-refractivity contribution in [3.63, 3.8) is 0 Å². The first-order valence-corrected chi connectivity index (χ1v) is 9.83. The Morgan fingerprint density at radius 2 is 2.07 bits per heavy atom. The Balaban J connectivity index is 1.37. The molecule has 1 fully saturated rings. The first kappa shape index (κ1) is 19.0. The Kier molecular flexibility index (Phi) is 6.54. The molecule has 142 valence electrons. The summed E-state index contributed by atoms with van der Waals surface area (Å²) in [4.78, 5) is 39.5. The van der Waals surface area contributed by atoms with Gasteiger partial charge in [0.25, 0.3) is 0 Å². The maximum absolute atomic E-state index is 12.0. The predicted octanol–water partition coefficient (Wildman–Crippen LogP) is 1.65. The summed E-state index contributed by atoms with van der Waals surface area (Å²) < 4.78 is 0. The number of aryl methyl sites for hydroxylation is 1. The zero-order valence-electron chi connectivity index (χ0n) is 14.9. The van der Waals surface area contributed by atoms with E-state index in [1.54, 1.807) is 5.38 Å². The molecule has 7 nitrogen and oxygen atoms in total. The van der Waals surface area contributed by atoms with Crippen LogP contribution in [0.3, 0.4) is 0 Å². The van der Waals surface area contributed by atoms with Gasteiger partial charge in [-0.25, -0.2) is 4.98 Å². The lowest BCUT2D eigenvalue weighted by Gasteiger charge is -2.08. The Morgan fingerprint density at radius 3 is 2.81 bits per heavy atom. The molecule has 3 amide bonds. The standard InChI is InChI=1S/C19H22N4O3S/c24-16-9-8-15(22-16)18(26)23-19-21-14(12-27-19)11-17(25)20-10-4-7-13-5-2-1-3-6-13/h1-3,5-6,12,15H,4,7-11H2,(H,20,25)(H,22,24)(H,21,23,26). The van der Waals surface area contributed by atoms with Crippen LogP contribution in [-0.4, -0.2) is 35.3 Å². The zero-order valence-corrected chi connectivity index (χ0v) is 15.7. The molecule has 3 N–H and O–H groups in total. The van der Waals surface area contributed by atoms with Gasteiger partial charge in [0.05, 0.1) is 12.1 Å². The van der Waals surface area contributed by atoms with E-state index in [4.69, 9.17) is 0 Å². The quantitative estimate of drug-likeness (QED) is 0.601. The highest BCUT2D eigenvalue weighted by molar-refractivity contribution is 7.13. The third-order valence-corrected chi connectivity index (χ3v) is 5.05. The molecule has 0 saturated carbocycles. The summed E-state index contributed by atoms with van der Waals surface area (Å²) in [6.45, 7) is 0.614. The number of aromatic nitrogens is 1. The number of amides is 3. The second-order valence-corrected chi connectivity index (χ2v) is 7.27. The van der Waals surface area contributed by atoms with Gasteiger partial charge in [-0.2, -0.15) is 0 Å². The van der Waals surface area contributed by atoms with Gasteiger partial charge in [0, 0.05) is 18.3 Å². The topological polar surface area (TPSA) is 100 Å². The van der Waals surface area contributed by atoms with E-state index >= 15 is 0 Å². The van der Waals surface area contributed by atoms with Crippen molar-refractivity contribution in [2.45, 2.75) is 38.1 Å². The van der Waals surface area contributed by atoms with Crippen LogP contribution in [0.15, 0.2) is 35.7 Å². The first-order chi connectivity index (χ1) is 13.1. The van der Waals surface area contributed by atoms with Gasteiger partial charge in [0.2, 0.25) is 17.7 Å². The number of hydrogen-bond acceptors (Lipinski definition) is 5. The number of thiazole rings is 1. The third kappa shape index (κ3) is 5.89. The first-order valence-electron chi connectivity index (χ1n) is 8.95. The van der Waals surface area contributed by atoms with Crippen LogP contribution in [0.5, 0.6) is 0 Å². The summed E-state index contributed by atoms with van der Waals surface area (Å²) in [7, 11) is 0. The fourth-order valence-electron chi connectivity index (χ4n) is 2.84. The van der Waals surface area contributed by atoms with Gasteiger partial charge in [0.15, 0.2) is 5.13 Å². The van der Waals surface area contributed by atoms with Crippen molar-refractivity contribution in [1.82, 2.24) is 15.6 Å². The van der Waals surface area contributed by atoms with Crippen molar-refractivity contribution in [1.29, 1.82) is 0 Å². The molecule has 1 saturated heterocycles. The Labute approximate surface area is 161 Å². The van der Waals surface area contributed by atoms with E-state index in [2.05, 4.69) is 33.1 Å². The fourth-order valence-corrected chi connectivity index (χ4v) is 3.55. The van der Waals surface area contributed by atoms with E-state index in [1.165, 1.54) is 16.9 Å². The lowest BCUT2D eigenvalue weighted by molar-refractivity contribution is -0.122. The highest BCUT2D eigenvalue weighted by Crippen LogP contribution is 2.17. The molecule has 2 heterocycles. The minimum atomic E-state index is -0.502. The van der Waals surface area contributed by atoms with E-state index in [-0.39, 0.29) is 24.1 Å². The van der Waals surface area contributed by atoms with E-state index in [0.29, 0.717) is 30.2 Å². The molecule has 2 aromatic rings. The monoisotopic (exact) mass is 386 g/mol. The van der Waals surface area contributed by atoms with E-state index in [0.717, 1.165) is 12.8 Å². The molecule has 0 aliphatic carbocycles. The van der Waals surface area contributed by atoms with Crippen LogP contribution in [0.25, 0.3) is 0 Å². The lowest BCUT2D eigenvalue weighted by atomic mass is 10.1. The second kappa shape index (κ2) is 9.27. The third-order valence-electron chi connectivity index (χ3n) is 4.24. The normalized spacial score (nSPS) is 16.0. The molecule has 0 radical (unpaired) electrons. The van der Waals surface area contributed by atoms with E-state index in [9.17, 15) is 14.4 Å². The molecule has 0 spiro atoms. The molecule has 1 aromatic carbocycles. The summed E-state index contributed by atoms with van der Waals surface area (Å²) in [5.74, 6) is -0.472. The number of carbonyl (C=O) groups is 3. The SMILES string of the molecule is O=C(Cc1csc(NC(=O)C2CCC(=O)N2)n1)NCCCc1ccccc1. The van der Waals surface area contributed by atoms with Crippen LogP contribution in [0.1, 0.15) is 30.5 Å². The van der Waals surface area contributed by atoms with Crippen molar-refractivity contribution in [3.05, 3.63) is 47.0 Å². The van der Waals surface area contributed by atoms with Crippen molar-refractivity contribution in [3.8, 4) is 0 Å². The number of nitrogens with one attached hydrogen (secondary N) is 3. The maximum atomic E-state index is 12.0. The summed E-state index contributed by atoms with van der Waals surface area (Å²) in [6.07, 6.45) is 2.84. The molecule has 3 rings (SSSR count). The molecule has 1 aliphatic heterocycles. The fraction of sp³-hybridized carbons (Fsp3) is 0.368. The van der Waals surface area contributed by atoms with Crippen LogP contribution in [0.2, 0.25) is 0 Å². The molecule has 1 aliphatic rings. The molecule has 27 heavy (non-hydrogen) atoms. The molecule has 1 unspecified atom stereocenters. The Bertz CT molecular complexity index is 806. The number of carbonyl (C=O) groups excluding carboxylic acids is 3. The van der Waals surface area contributed by atoms with Crippen molar-refractivity contribution in [2.75, 3.05) is 11.9 Å². The minimum absolute atomic E-state index is 0.0886. The Morgan fingerprint density at radius 1 is 1.26 bits per heavy atom. The molecule has 8 heteroatoms. The summed E-state index contributed by atoms with van der Waals surface area (Å²) in [5.41, 5.74) is 1.87. The van der Waals surface area contributed by atoms with Gasteiger partial charge < -0.3 is 16.0 Å². The van der Waals surface area contributed by atoms with Gasteiger partial charge in [-0.1, -0.05) is 30.3 Å². The molecule has 1 atom stereocenters. The van der Waals surface area contributed by atoms with Crippen molar-refractivity contribution < 1.29 is 14.4 Å². The van der Waals surface area contributed by atoms with Gasteiger partial charge in [-0.3, -0.25) is 14.4 Å². The average molecular weight is 386 g/mol. The molecule has 1 aromatic heterocycles. The zero-order chi connectivity index (χ0) is 19.1. The smallest absolute Gasteiger partial charge is 0.248 e. The van der Waals surface area contributed by atoms with E-state index in [1.807, 2.05) is 18.2 Å². The van der Waals surface area contributed by atoms with Gasteiger partial charge in [-0.15, -0.1) is 11.3 Å². The van der Waals surface area contributed by atoms with Gasteiger partial charge in [0.1, 0.15) is 6.04 Å². The number of benzene rings is 1. The summed E-state index contributed by atoms with van der Waals surface area (Å²) in [6, 6.07) is 9.64. The highest BCUT2D eigenvalue weighted by atomic mass is 32.1. The van der Waals surface area contributed by atoms with Crippen LogP contribution in [0.4, 0.5) is 5.13 Å². The van der Waals surface area contributed by atoms with Gasteiger partial charge in [-0.05, 0) is 24.8 Å². The number of nitrogens with zero attached hydrogens (tertiary/aromatic N) is 1. The van der Waals surface area contributed by atoms with Crippen LogP contribution in [0, 0.1) is 0 Å². The number of anilines is 1. The molecular weight excluding hydrogens is 364 g/mol. The average Bonchev–Trinajstić information content (AvgIpc) is 3.28. The van der Waals surface area contributed by atoms with Crippen LogP contribution < -0.4 is 16.0 Å². The van der Waals surface area contributed by atoms with Crippen LogP contribution >= 0.6 is 11.3 Å². The second-order valence-electron chi connectivity index (χ2n) is 6.41. The number of hydrogen-bond donors (Lipinski definition) is 3. The summed E-state index contributed by atoms with van der Waals surface area (Å²) in [5, 5.41) is 10.4. The van der Waals surface area contributed by atoms with Crippen molar-refractivity contribution >= 4 is 34.2 Å². The van der Waals surface area contributed by atoms with Crippen molar-refractivity contribution in [2.24, 2.45) is 0 Å². The van der Waals surface area contributed by atoms with Crippen LogP contribution in [-0.2, 0) is 27.2 Å². The molecule has 0 bridgehead atoms. The highest BCUT2D eigenvalue weighted by Gasteiger charge is 2.27. The summed E-state index contributed by atoms with van der Waals surface area (Å²) >= 11 is 1.27. The van der Waals surface area contributed by atoms with Gasteiger partial charge >= 0.3 is 0 Å². The molecular formula is C19H22N4O3S. The Hall–Kier alpha value is -2.74. The maximum Gasteiger partial charge on any atom is 0.248 e. The lowest BCUT2D eigenvalue weighted by Crippen LogP contribution is -2.37. The van der Waals surface area contributed by atoms with E-state index < -0.39 is 6.04 Å². The number of rotatable bonds is 8. The predicted molar refractivity (Wildman–Crippen MR) is 103 cm³/mol. The largest absolute Gasteiger partial charge is 0.356 e.